The van der Waals surface area contributed by atoms with E-state index in [9.17, 15) is 0 Å². The van der Waals surface area contributed by atoms with Crippen molar-refractivity contribution >= 4 is 34.5 Å². The molecule has 14 heavy (non-hydrogen) atoms. The standard InChI is InChI=1S/C9H6Cl2N2S/c1-5-7(12-4-13-9(5)11)8-6(10)2-3-14-8/h2-4H,1H3. The lowest BCUT2D eigenvalue weighted by atomic mass is 10.2. The summed E-state index contributed by atoms with van der Waals surface area (Å²) >= 11 is 13.4. The van der Waals surface area contributed by atoms with E-state index in [1.54, 1.807) is 11.3 Å². The minimum atomic E-state index is 0.472. The van der Waals surface area contributed by atoms with E-state index in [-0.39, 0.29) is 0 Å². The van der Waals surface area contributed by atoms with E-state index in [0.717, 1.165) is 16.1 Å². The maximum absolute atomic E-state index is 6.01. The SMILES string of the molecule is Cc1c(Cl)ncnc1-c1sccc1Cl. The van der Waals surface area contributed by atoms with Crippen LogP contribution in [0.3, 0.4) is 0 Å². The van der Waals surface area contributed by atoms with Gasteiger partial charge in [0.1, 0.15) is 11.5 Å². The fraction of sp³-hybridized carbons (Fsp3) is 0.111. The van der Waals surface area contributed by atoms with Gasteiger partial charge in [0.15, 0.2) is 0 Å². The molecule has 0 aliphatic rings. The van der Waals surface area contributed by atoms with Crippen LogP contribution in [-0.4, -0.2) is 9.97 Å². The van der Waals surface area contributed by atoms with Crippen LogP contribution in [0.2, 0.25) is 10.2 Å². The van der Waals surface area contributed by atoms with E-state index in [4.69, 9.17) is 23.2 Å². The number of halogens is 2. The summed E-state index contributed by atoms with van der Waals surface area (Å²) in [5.41, 5.74) is 1.67. The Morgan fingerprint density at radius 1 is 1.29 bits per heavy atom. The van der Waals surface area contributed by atoms with Crippen molar-refractivity contribution in [1.82, 2.24) is 9.97 Å². The Morgan fingerprint density at radius 3 is 2.71 bits per heavy atom. The van der Waals surface area contributed by atoms with E-state index in [1.807, 2.05) is 18.4 Å². The minimum Gasteiger partial charge on any atom is -0.235 e. The first-order chi connectivity index (χ1) is 6.70. The molecule has 0 fully saturated rings. The van der Waals surface area contributed by atoms with Gasteiger partial charge in [0.05, 0.1) is 15.6 Å². The van der Waals surface area contributed by atoms with Gasteiger partial charge in [0.2, 0.25) is 0 Å². The summed E-state index contributed by atoms with van der Waals surface area (Å²) in [6.45, 7) is 1.88. The van der Waals surface area contributed by atoms with Crippen LogP contribution in [0.4, 0.5) is 0 Å². The quantitative estimate of drug-likeness (QED) is 0.713. The molecule has 5 heteroatoms. The molecule has 72 valence electrons. The minimum absolute atomic E-state index is 0.472. The van der Waals surface area contributed by atoms with E-state index in [2.05, 4.69) is 9.97 Å². The Bertz CT molecular complexity index is 468. The summed E-state index contributed by atoms with van der Waals surface area (Å²) in [6, 6.07) is 1.84. The number of nitrogens with zero attached hydrogens (tertiary/aromatic N) is 2. The average molecular weight is 245 g/mol. The van der Waals surface area contributed by atoms with E-state index >= 15 is 0 Å². The zero-order chi connectivity index (χ0) is 10.1. The number of aromatic nitrogens is 2. The Labute approximate surface area is 95.5 Å². The van der Waals surface area contributed by atoms with Crippen molar-refractivity contribution in [3.63, 3.8) is 0 Å². The Kier molecular flexibility index (Phi) is 2.72. The zero-order valence-corrected chi connectivity index (χ0v) is 9.62. The molecule has 0 saturated carbocycles. The first-order valence-electron chi connectivity index (χ1n) is 3.90. The van der Waals surface area contributed by atoms with Gasteiger partial charge in [0, 0.05) is 5.56 Å². The lowest BCUT2D eigenvalue weighted by molar-refractivity contribution is 1.14. The summed E-state index contributed by atoms with van der Waals surface area (Å²) in [7, 11) is 0. The van der Waals surface area contributed by atoms with Crippen molar-refractivity contribution in [3.8, 4) is 10.6 Å². The fourth-order valence-corrected chi connectivity index (χ4v) is 2.45. The summed E-state index contributed by atoms with van der Waals surface area (Å²) in [5.74, 6) is 0. The van der Waals surface area contributed by atoms with Crippen LogP contribution in [-0.2, 0) is 0 Å². The Hall–Kier alpha value is -0.640. The highest BCUT2D eigenvalue weighted by Crippen LogP contribution is 2.34. The molecule has 2 nitrogen and oxygen atoms in total. The maximum atomic E-state index is 6.01. The van der Waals surface area contributed by atoms with Crippen LogP contribution in [0.15, 0.2) is 17.8 Å². The molecular weight excluding hydrogens is 239 g/mol. The van der Waals surface area contributed by atoms with Gasteiger partial charge in [-0.25, -0.2) is 9.97 Å². The highest BCUT2D eigenvalue weighted by Gasteiger charge is 2.11. The third-order valence-electron chi connectivity index (χ3n) is 1.85. The van der Waals surface area contributed by atoms with Gasteiger partial charge in [-0.3, -0.25) is 0 Å². The fourth-order valence-electron chi connectivity index (χ4n) is 1.12. The number of rotatable bonds is 1. The molecule has 0 amide bonds. The normalized spacial score (nSPS) is 10.5. The molecule has 0 unspecified atom stereocenters. The molecule has 2 heterocycles. The molecule has 2 rings (SSSR count). The van der Waals surface area contributed by atoms with Crippen LogP contribution in [0.25, 0.3) is 10.6 Å². The number of hydrogen-bond acceptors (Lipinski definition) is 3. The molecular formula is C9H6Cl2N2S. The molecule has 0 N–H and O–H groups in total. The molecule has 0 aliphatic carbocycles. The number of hydrogen-bond donors (Lipinski definition) is 0. The van der Waals surface area contributed by atoms with Crippen molar-refractivity contribution in [3.05, 3.63) is 33.5 Å². The lowest BCUT2D eigenvalue weighted by Gasteiger charge is -2.03. The molecule has 0 aromatic carbocycles. The van der Waals surface area contributed by atoms with Gasteiger partial charge >= 0.3 is 0 Å². The average Bonchev–Trinajstić information content (AvgIpc) is 2.57. The summed E-state index contributed by atoms with van der Waals surface area (Å²) in [5, 5.41) is 3.10. The van der Waals surface area contributed by atoms with Crippen molar-refractivity contribution < 1.29 is 0 Å². The predicted octanol–water partition coefficient (Wildman–Crippen LogP) is 3.82. The zero-order valence-electron chi connectivity index (χ0n) is 7.29. The molecule has 0 spiro atoms. The third-order valence-corrected chi connectivity index (χ3v) is 3.58. The highest BCUT2D eigenvalue weighted by atomic mass is 35.5. The molecule has 0 aliphatic heterocycles. The van der Waals surface area contributed by atoms with Crippen LogP contribution in [0, 0.1) is 6.92 Å². The van der Waals surface area contributed by atoms with Crippen molar-refractivity contribution in [2.75, 3.05) is 0 Å². The molecule has 0 atom stereocenters. The van der Waals surface area contributed by atoms with Gasteiger partial charge in [0.25, 0.3) is 0 Å². The van der Waals surface area contributed by atoms with Crippen LogP contribution in [0.1, 0.15) is 5.56 Å². The van der Waals surface area contributed by atoms with E-state index in [0.29, 0.717) is 10.2 Å². The van der Waals surface area contributed by atoms with E-state index < -0.39 is 0 Å². The van der Waals surface area contributed by atoms with Crippen molar-refractivity contribution in [2.24, 2.45) is 0 Å². The summed E-state index contributed by atoms with van der Waals surface area (Å²) in [6.07, 6.45) is 1.45. The van der Waals surface area contributed by atoms with Crippen LogP contribution < -0.4 is 0 Å². The van der Waals surface area contributed by atoms with E-state index in [1.165, 1.54) is 6.33 Å². The number of thiophene rings is 1. The topological polar surface area (TPSA) is 25.8 Å². The van der Waals surface area contributed by atoms with Crippen molar-refractivity contribution in [1.29, 1.82) is 0 Å². The third kappa shape index (κ3) is 1.63. The largest absolute Gasteiger partial charge is 0.235 e. The van der Waals surface area contributed by atoms with Gasteiger partial charge in [-0.15, -0.1) is 11.3 Å². The molecule has 0 saturated heterocycles. The second kappa shape index (κ2) is 3.85. The van der Waals surface area contributed by atoms with Gasteiger partial charge in [-0.1, -0.05) is 23.2 Å². The first kappa shape index (κ1) is 9.90. The molecule has 0 radical (unpaired) electrons. The van der Waals surface area contributed by atoms with Gasteiger partial charge < -0.3 is 0 Å². The Balaban J connectivity index is 2.63. The molecule has 2 aromatic rings. The van der Waals surface area contributed by atoms with Gasteiger partial charge in [-0.05, 0) is 18.4 Å². The predicted molar refractivity (Wildman–Crippen MR) is 60.1 cm³/mol. The Morgan fingerprint density at radius 2 is 2.07 bits per heavy atom. The lowest BCUT2D eigenvalue weighted by Crippen LogP contribution is -1.89. The summed E-state index contributed by atoms with van der Waals surface area (Å²) in [4.78, 5) is 9.01. The highest BCUT2D eigenvalue weighted by molar-refractivity contribution is 7.14. The van der Waals surface area contributed by atoms with Crippen LogP contribution >= 0.6 is 34.5 Å². The van der Waals surface area contributed by atoms with Crippen LogP contribution in [0.5, 0.6) is 0 Å². The smallest absolute Gasteiger partial charge is 0.135 e. The van der Waals surface area contributed by atoms with Gasteiger partial charge in [-0.2, -0.15) is 0 Å². The summed E-state index contributed by atoms with van der Waals surface area (Å²) < 4.78 is 0. The molecule has 0 bridgehead atoms. The molecule has 2 aromatic heterocycles. The van der Waals surface area contributed by atoms with Crippen molar-refractivity contribution in [2.45, 2.75) is 6.92 Å². The monoisotopic (exact) mass is 244 g/mol. The first-order valence-corrected chi connectivity index (χ1v) is 5.54. The maximum Gasteiger partial charge on any atom is 0.135 e. The second-order valence-corrected chi connectivity index (χ2v) is 4.42. The second-order valence-electron chi connectivity index (χ2n) is 2.74.